The maximum absolute atomic E-state index is 12.1. The Labute approximate surface area is 142 Å². The van der Waals surface area contributed by atoms with Crippen LogP contribution < -0.4 is 5.32 Å². The highest BCUT2D eigenvalue weighted by atomic mass is 32.2. The summed E-state index contributed by atoms with van der Waals surface area (Å²) in [5.74, 6) is 0.118. The lowest BCUT2D eigenvalue weighted by Gasteiger charge is -2.04. The van der Waals surface area contributed by atoms with E-state index in [9.17, 15) is 14.9 Å². The highest BCUT2D eigenvalue weighted by Crippen LogP contribution is 2.29. The van der Waals surface area contributed by atoms with Gasteiger partial charge in [-0.1, -0.05) is 18.2 Å². The normalized spacial score (nSPS) is 10.7. The summed E-state index contributed by atoms with van der Waals surface area (Å²) in [4.78, 5) is 23.3. The molecule has 0 saturated heterocycles. The van der Waals surface area contributed by atoms with Crippen molar-refractivity contribution < 1.29 is 9.72 Å². The lowest BCUT2D eigenvalue weighted by atomic mass is 10.2. The molecule has 0 unspecified atom stereocenters. The fourth-order valence-corrected chi connectivity index (χ4v) is 3.35. The number of carbonyl (C=O) groups excluding carboxylic acids is 1. The summed E-state index contributed by atoms with van der Waals surface area (Å²) in [5, 5.41) is 14.5. The van der Waals surface area contributed by atoms with Gasteiger partial charge in [-0.25, -0.2) is 0 Å². The Morgan fingerprint density at radius 3 is 2.62 bits per heavy atom. The van der Waals surface area contributed by atoms with Gasteiger partial charge in [-0.3, -0.25) is 14.9 Å². The summed E-state index contributed by atoms with van der Waals surface area (Å²) < 4.78 is 2.03. The number of hydrogen-bond acceptors (Lipinski definition) is 4. The average Bonchev–Trinajstić information content (AvgIpc) is 2.90. The number of nitro benzene ring substituents is 1. The van der Waals surface area contributed by atoms with Crippen LogP contribution in [0.2, 0.25) is 0 Å². The first-order valence-corrected chi connectivity index (χ1v) is 8.24. The Morgan fingerprint density at radius 1 is 1.21 bits per heavy atom. The highest BCUT2D eigenvalue weighted by Gasteiger charge is 2.10. The molecule has 1 heterocycles. The van der Waals surface area contributed by atoms with Crippen molar-refractivity contribution in [2.75, 3.05) is 11.1 Å². The minimum absolute atomic E-state index is 0.00173. The number of benzene rings is 2. The average molecular weight is 341 g/mol. The zero-order valence-corrected chi connectivity index (χ0v) is 13.7. The van der Waals surface area contributed by atoms with Crippen LogP contribution in [0.1, 0.15) is 0 Å². The van der Waals surface area contributed by atoms with Gasteiger partial charge in [0, 0.05) is 46.9 Å². The molecule has 1 N–H and O–H groups in total. The molecule has 0 atom stereocenters. The zero-order valence-electron chi connectivity index (χ0n) is 12.9. The molecule has 1 aromatic heterocycles. The van der Waals surface area contributed by atoms with Crippen LogP contribution >= 0.6 is 11.8 Å². The molecular weight excluding hydrogens is 326 g/mol. The van der Waals surface area contributed by atoms with Crippen LogP contribution in [0.5, 0.6) is 0 Å². The van der Waals surface area contributed by atoms with Gasteiger partial charge in [-0.2, -0.15) is 0 Å². The van der Waals surface area contributed by atoms with Crippen LogP contribution in [-0.4, -0.2) is 21.2 Å². The van der Waals surface area contributed by atoms with Crippen molar-refractivity contribution in [3.05, 3.63) is 64.8 Å². The van der Waals surface area contributed by atoms with Crippen molar-refractivity contribution in [3.8, 4) is 0 Å². The second-order valence-corrected chi connectivity index (χ2v) is 6.28. The van der Waals surface area contributed by atoms with E-state index in [1.165, 1.54) is 36.0 Å². The zero-order chi connectivity index (χ0) is 17.1. The van der Waals surface area contributed by atoms with Crippen LogP contribution in [0.15, 0.2) is 59.6 Å². The molecule has 7 heteroatoms. The number of aryl methyl sites for hydroxylation is 1. The second kappa shape index (κ2) is 6.76. The van der Waals surface area contributed by atoms with Crippen molar-refractivity contribution >= 4 is 39.9 Å². The van der Waals surface area contributed by atoms with Gasteiger partial charge >= 0.3 is 0 Å². The van der Waals surface area contributed by atoms with Crippen LogP contribution in [0, 0.1) is 10.1 Å². The van der Waals surface area contributed by atoms with Gasteiger partial charge in [0.15, 0.2) is 0 Å². The number of nitrogens with one attached hydrogen (secondary N) is 1. The lowest BCUT2D eigenvalue weighted by Crippen LogP contribution is -2.13. The number of para-hydroxylation sites is 1. The summed E-state index contributed by atoms with van der Waals surface area (Å²) in [6.45, 7) is 0. The molecule has 0 aliphatic heterocycles. The number of rotatable bonds is 5. The second-order valence-electron chi connectivity index (χ2n) is 5.26. The first-order valence-electron chi connectivity index (χ1n) is 7.26. The Morgan fingerprint density at radius 2 is 1.92 bits per heavy atom. The third-order valence-electron chi connectivity index (χ3n) is 3.58. The number of carbonyl (C=O) groups is 1. The van der Waals surface area contributed by atoms with Gasteiger partial charge in [-0.05, 0) is 18.2 Å². The number of fused-ring (bicyclic) bond motifs is 1. The number of nitro groups is 1. The minimum atomic E-state index is -0.470. The van der Waals surface area contributed by atoms with E-state index in [0.717, 1.165) is 15.8 Å². The molecule has 24 heavy (non-hydrogen) atoms. The van der Waals surface area contributed by atoms with Crippen molar-refractivity contribution in [1.82, 2.24) is 4.57 Å². The van der Waals surface area contributed by atoms with E-state index in [-0.39, 0.29) is 17.3 Å². The number of amides is 1. The first-order chi connectivity index (χ1) is 11.5. The summed E-state index contributed by atoms with van der Waals surface area (Å²) >= 11 is 1.47. The third kappa shape index (κ3) is 3.41. The quantitative estimate of drug-likeness (QED) is 0.435. The molecule has 0 spiro atoms. The molecule has 0 bridgehead atoms. The molecule has 0 saturated carbocycles. The number of hydrogen-bond donors (Lipinski definition) is 1. The Hall–Kier alpha value is -2.80. The Balaban J connectivity index is 1.63. The molecule has 0 radical (unpaired) electrons. The summed E-state index contributed by atoms with van der Waals surface area (Å²) in [6, 6.07) is 13.8. The van der Waals surface area contributed by atoms with E-state index in [0.29, 0.717) is 5.69 Å². The number of non-ortho nitro benzene ring substituents is 1. The third-order valence-corrected chi connectivity index (χ3v) is 4.62. The fraction of sp³-hybridized carbons (Fsp3) is 0.118. The molecule has 3 aromatic rings. The number of anilines is 1. The van der Waals surface area contributed by atoms with E-state index in [2.05, 4.69) is 5.32 Å². The van der Waals surface area contributed by atoms with E-state index >= 15 is 0 Å². The summed E-state index contributed by atoms with van der Waals surface area (Å²) in [7, 11) is 1.98. The molecule has 0 fully saturated rings. The van der Waals surface area contributed by atoms with Crippen molar-refractivity contribution in [1.29, 1.82) is 0 Å². The van der Waals surface area contributed by atoms with Crippen LogP contribution in [0.3, 0.4) is 0 Å². The van der Waals surface area contributed by atoms with Crippen molar-refractivity contribution in [2.24, 2.45) is 7.05 Å². The maximum Gasteiger partial charge on any atom is 0.269 e. The smallest absolute Gasteiger partial charge is 0.269 e. The fourth-order valence-electron chi connectivity index (χ4n) is 2.43. The highest BCUT2D eigenvalue weighted by molar-refractivity contribution is 8.00. The van der Waals surface area contributed by atoms with Gasteiger partial charge in [0.05, 0.1) is 10.7 Å². The monoisotopic (exact) mass is 341 g/mol. The van der Waals surface area contributed by atoms with Crippen LogP contribution in [-0.2, 0) is 11.8 Å². The molecule has 0 aliphatic rings. The standard InChI is InChI=1S/C17H15N3O3S/c1-19-10-16(14-4-2-3-5-15(14)19)24-11-17(21)18-12-6-8-13(9-7-12)20(22)23/h2-10H,11H2,1H3,(H,18,21). The molecule has 6 nitrogen and oxygen atoms in total. The first kappa shape index (κ1) is 16.1. The number of nitrogens with zero attached hydrogens (tertiary/aromatic N) is 2. The van der Waals surface area contributed by atoms with E-state index in [1.54, 1.807) is 0 Å². The predicted molar refractivity (Wildman–Crippen MR) is 95.4 cm³/mol. The minimum Gasteiger partial charge on any atom is -0.349 e. The van der Waals surface area contributed by atoms with Gasteiger partial charge in [0.25, 0.3) is 5.69 Å². The van der Waals surface area contributed by atoms with Gasteiger partial charge in [0.1, 0.15) is 0 Å². The summed E-state index contributed by atoms with van der Waals surface area (Å²) in [6.07, 6.45) is 2.01. The lowest BCUT2D eigenvalue weighted by molar-refractivity contribution is -0.384. The molecule has 3 rings (SSSR count). The van der Waals surface area contributed by atoms with E-state index in [4.69, 9.17) is 0 Å². The molecule has 122 valence electrons. The molecular formula is C17H15N3O3S. The van der Waals surface area contributed by atoms with Gasteiger partial charge in [0.2, 0.25) is 5.91 Å². The largest absolute Gasteiger partial charge is 0.349 e. The molecule has 0 aliphatic carbocycles. The molecule has 1 amide bonds. The summed E-state index contributed by atoms with van der Waals surface area (Å²) in [5.41, 5.74) is 1.66. The van der Waals surface area contributed by atoms with Crippen molar-refractivity contribution in [3.63, 3.8) is 0 Å². The Kier molecular flexibility index (Phi) is 4.52. The molecule has 2 aromatic carbocycles. The Bertz CT molecular complexity index is 903. The number of thioether (sulfide) groups is 1. The van der Waals surface area contributed by atoms with E-state index in [1.807, 2.05) is 42.1 Å². The van der Waals surface area contributed by atoms with Crippen LogP contribution in [0.4, 0.5) is 11.4 Å². The maximum atomic E-state index is 12.1. The number of aromatic nitrogens is 1. The predicted octanol–water partition coefficient (Wildman–Crippen LogP) is 3.82. The van der Waals surface area contributed by atoms with Gasteiger partial charge < -0.3 is 9.88 Å². The SMILES string of the molecule is Cn1cc(SCC(=O)Nc2ccc([N+](=O)[O-])cc2)c2ccccc21. The van der Waals surface area contributed by atoms with Gasteiger partial charge in [-0.15, -0.1) is 11.8 Å². The van der Waals surface area contributed by atoms with Crippen molar-refractivity contribution in [2.45, 2.75) is 4.90 Å². The topological polar surface area (TPSA) is 77.2 Å². The van der Waals surface area contributed by atoms with Crippen LogP contribution in [0.25, 0.3) is 10.9 Å². The van der Waals surface area contributed by atoms with E-state index < -0.39 is 4.92 Å².